The van der Waals surface area contributed by atoms with E-state index in [9.17, 15) is 14.9 Å². The molecule has 0 amide bonds. The van der Waals surface area contributed by atoms with Gasteiger partial charge in [-0.1, -0.05) is 0 Å². The number of hydrogen-bond acceptors (Lipinski definition) is 6. The van der Waals surface area contributed by atoms with E-state index in [0.717, 1.165) is 0 Å². The molecular formula is C13H13N3O5. The van der Waals surface area contributed by atoms with Crippen molar-refractivity contribution >= 4 is 17.3 Å². The first-order valence-corrected chi connectivity index (χ1v) is 6.27. The van der Waals surface area contributed by atoms with Gasteiger partial charge in [-0.25, -0.2) is 0 Å². The van der Waals surface area contributed by atoms with Crippen molar-refractivity contribution in [2.24, 2.45) is 0 Å². The van der Waals surface area contributed by atoms with Crippen molar-refractivity contribution in [3.05, 3.63) is 33.9 Å². The highest BCUT2D eigenvalue weighted by Gasteiger charge is 2.27. The van der Waals surface area contributed by atoms with Crippen LogP contribution in [-0.4, -0.2) is 41.8 Å². The summed E-state index contributed by atoms with van der Waals surface area (Å²) < 4.78 is 5.27. The van der Waals surface area contributed by atoms with E-state index in [-0.39, 0.29) is 30.3 Å². The van der Waals surface area contributed by atoms with Crippen LogP contribution >= 0.6 is 0 Å². The van der Waals surface area contributed by atoms with Crippen molar-refractivity contribution in [1.82, 2.24) is 0 Å². The fourth-order valence-electron chi connectivity index (χ4n) is 2.31. The normalized spacial score (nSPS) is 18.0. The SMILES string of the molecule is N#Cc1ccc(N2CCOCC2CC(=O)O)cc1[N+](=O)[O-]. The molecular weight excluding hydrogens is 278 g/mol. The summed E-state index contributed by atoms with van der Waals surface area (Å²) in [5, 5.41) is 28.8. The summed E-state index contributed by atoms with van der Waals surface area (Å²) >= 11 is 0. The minimum atomic E-state index is -0.960. The molecule has 21 heavy (non-hydrogen) atoms. The second kappa shape index (κ2) is 6.19. The highest BCUT2D eigenvalue weighted by atomic mass is 16.6. The molecule has 1 aliphatic heterocycles. The molecule has 0 aromatic heterocycles. The molecule has 8 heteroatoms. The first-order valence-electron chi connectivity index (χ1n) is 6.27. The van der Waals surface area contributed by atoms with Gasteiger partial charge < -0.3 is 14.7 Å². The monoisotopic (exact) mass is 291 g/mol. The third kappa shape index (κ3) is 3.27. The summed E-state index contributed by atoms with van der Waals surface area (Å²) in [7, 11) is 0. The standard InChI is InChI=1S/C13H13N3O5/c14-7-9-1-2-10(5-12(9)16(19)20)15-3-4-21-8-11(15)6-13(17)18/h1-2,5,11H,3-4,6,8H2,(H,17,18). The lowest BCUT2D eigenvalue weighted by Crippen LogP contribution is -2.46. The van der Waals surface area contributed by atoms with Gasteiger partial charge in [0.2, 0.25) is 0 Å². The predicted octanol–water partition coefficient (Wildman–Crippen LogP) is 1.15. The van der Waals surface area contributed by atoms with Crippen molar-refractivity contribution in [2.75, 3.05) is 24.7 Å². The van der Waals surface area contributed by atoms with E-state index in [1.165, 1.54) is 12.1 Å². The van der Waals surface area contributed by atoms with Gasteiger partial charge in [0.1, 0.15) is 11.6 Å². The minimum absolute atomic E-state index is 0.0215. The number of aliphatic carboxylic acids is 1. The van der Waals surface area contributed by atoms with Crippen LogP contribution in [0.1, 0.15) is 12.0 Å². The zero-order chi connectivity index (χ0) is 15.4. The molecule has 1 unspecified atom stereocenters. The van der Waals surface area contributed by atoms with Crippen LogP contribution in [-0.2, 0) is 9.53 Å². The minimum Gasteiger partial charge on any atom is -0.481 e. The average Bonchev–Trinajstić information content (AvgIpc) is 2.46. The van der Waals surface area contributed by atoms with E-state index in [0.29, 0.717) is 18.8 Å². The van der Waals surface area contributed by atoms with E-state index in [4.69, 9.17) is 15.1 Å². The van der Waals surface area contributed by atoms with Crippen LogP contribution in [0.5, 0.6) is 0 Å². The maximum atomic E-state index is 11.0. The molecule has 0 spiro atoms. The third-order valence-electron chi connectivity index (χ3n) is 3.27. The summed E-state index contributed by atoms with van der Waals surface area (Å²) in [6.45, 7) is 1.12. The Kier molecular flexibility index (Phi) is 4.35. The van der Waals surface area contributed by atoms with Gasteiger partial charge in [-0.05, 0) is 12.1 Å². The van der Waals surface area contributed by atoms with E-state index >= 15 is 0 Å². The average molecular weight is 291 g/mol. The molecule has 1 aromatic carbocycles. The number of carboxylic acid groups (broad SMARTS) is 1. The van der Waals surface area contributed by atoms with Gasteiger partial charge in [0.25, 0.3) is 5.69 Å². The van der Waals surface area contributed by atoms with Crippen molar-refractivity contribution in [3.8, 4) is 6.07 Å². The summed E-state index contributed by atoms with van der Waals surface area (Å²) in [6, 6.07) is 5.66. The van der Waals surface area contributed by atoms with Gasteiger partial charge in [0.15, 0.2) is 0 Å². The number of morpholine rings is 1. The maximum absolute atomic E-state index is 11.0. The Balaban J connectivity index is 2.35. The van der Waals surface area contributed by atoms with Crippen LogP contribution < -0.4 is 4.90 Å². The highest BCUT2D eigenvalue weighted by molar-refractivity contribution is 5.69. The molecule has 0 bridgehead atoms. The van der Waals surface area contributed by atoms with Crippen LogP contribution in [0, 0.1) is 21.4 Å². The van der Waals surface area contributed by atoms with Crippen molar-refractivity contribution < 1.29 is 19.6 Å². The Morgan fingerprint density at radius 3 is 3.00 bits per heavy atom. The zero-order valence-electron chi connectivity index (χ0n) is 11.1. The molecule has 0 aliphatic carbocycles. The first kappa shape index (κ1) is 14.7. The summed E-state index contributed by atoms with van der Waals surface area (Å²) in [5.41, 5.74) is 0.220. The molecule has 2 rings (SSSR count). The van der Waals surface area contributed by atoms with Gasteiger partial charge in [-0.2, -0.15) is 5.26 Å². The lowest BCUT2D eigenvalue weighted by atomic mass is 10.1. The summed E-state index contributed by atoms with van der Waals surface area (Å²) in [6.07, 6.45) is -0.117. The van der Waals surface area contributed by atoms with Crippen molar-refractivity contribution in [3.63, 3.8) is 0 Å². The number of rotatable bonds is 4. The molecule has 1 atom stereocenters. The van der Waals surface area contributed by atoms with Gasteiger partial charge in [-0.15, -0.1) is 0 Å². The van der Waals surface area contributed by atoms with E-state index in [2.05, 4.69) is 0 Å². The van der Waals surface area contributed by atoms with Crippen molar-refractivity contribution in [1.29, 1.82) is 5.26 Å². The number of carbonyl (C=O) groups is 1. The molecule has 1 fully saturated rings. The van der Waals surface area contributed by atoms with Gasteiger partial charge in [0.05, 0.1) is 30.6 Å². The molecule has 110 valence electrons. The second-order valence-electron chi connectivity index (χ2n) is 4.59. The van der Waals surface area contributed by atoms with Crippen LogP contribution in [0.4, 0.5) is 11.4 Å². The number of nitro groups is 1. The lowest BCUT2D eigenvalue weighted by molar-refractivity contribution is -0.385. The van der Waals surface area contributed by atoms with Crippen LogP contribution in [0.25, 0.3) is 0 Å². The number of nitriles is 1. The Morgan fingerprint density at radius 1 is 1.62 bits per heavy atom. The number of ether oxygens (including phenoxy) is 1. The molecule has 0 saturated carbocycles. The summed E-state index contributed by atoms with van der Waals surface area (Å²) in [4.78, 5) is 23.0. The van der Waals surface area contributed by atoms with Gasteiger partial charge in [0, 0.05) is 18.3 Å². The molecule has 0 radical (unpaired) electrons. The fourth-order valence-corrected chi connectivity index (χ4v) is 2.31. The van der Waals surface area contributed by atoms with Crippen LogP contribution in [0.15, 0.2) is 18.2 Å². The number of benzene rings is 1. The Bertz CT molecular complexity index is 610. The topological polar surface area (TPSA) is 117 Å². The maximum Gasteiger partial charge on any atom is 0.305 e. The van der Waals surface area contributed by atoms with E-state index < -0.39 is 10.9 Å². The highest BCUT2D eigenvalue weighted by Crippen LogP contribution is 2.28. The quantitative estimate of drug-likeness (QED) is 0.653. The molecule has 1 aromatic rings. The van der Waals surface area contributed by atoms with E-state index in [1.54, 1.807) is 17.0 Å². The third-order valence-corrected chi connectivity index (χ3v) is 3.27. The van der Waals surface area contributed by atoms with E-state index in [1.807, 2.05) is 0 Å². The lowest BCUT2D eigenvalue weighted by Gasteiger charge is -2.36. The number of hydrogen-bond donors (Lipinski definition) is 1. The van der Waals surface area contributed by atoms with Crippen LogP contribution in [0.2, 0.25) is 0 Å². The first-order chi connectivity index (χ1) is 10.0. The number of nitrogens with zero attached hydrogens (tertiary/aromatic N) is 3. The zero-order valence-corrected chi connectivity index (χ0v) is 11.1. The Labute approximate surface area is 120 Å². The number of anilines is 1. The molecule has 1 N–H and O–H groups in total. The van der Waals surface area contributed by atoms with Crippen molar-refractivity contribution in [2.45, 2.75) is 12.5 Å². The number of nitro benzene ring substituents is 1. The second-order valence-corrected chi connectivity index (χ2v) is 4.59. The largest absolute Gasteiger partial charge is 0.481 e. The van der Waals surface area contributed by atoms with Gasteiger partial charge >= 0.3 is 5.97 Å². The van der Waals surface area contributed by atoms with Gasteiger partial charge in [-0.3, -0.25) is 14.9 Å². The predicted molar refractivity (Wildman–Crippen MR) is 72.0 cm³/mol. The molecule has 8 nitrogen and oxygen atoms in total. The Hall–Kier alpha value is -2.66. The fraction of sp³-hybridized carbons (Fsp3) is 0.385. The Morgan fingerprint density at radius 2 is 2.38 bits per heavy atom. The van der Waals surface area contributed by atoms with Crippen LogP contribution in [0.3, 0.4) is 0 Å². The summed E-state index contributed by atoms with van der Waals surface area (Å²) in [5.74, 6) is -0.960. The molecule has 1 aliphatic rings. The molecule has 1 heterocycles. The molecule has 1 saturated heterocycles. The number of carboxylic acids is 1. The smallest absolute Gasteiger partial charge is 0.305 e.